The number of oxime groups is 1. The van der Waals surface area contributed by atoms with E-state index in [-0.39, 0.29) is 30.6 Å². The first-order valence-corrected chi connectivity index (χ1v) is 13.6. The second kappa shape index (κ2) is 12.8. The van der Waals surface area contributed by atoms with E-state index in [1.165, 1.54) is 0 Å². The van der Waals surface area contributed by atoms with Crippen LogP contribution in [0.5, 0.6) is 5.75 Å². The molecule has 2 atom stereocenters. The standard InChI is InChI=1S/C32H37N3O6/c1-5-16-39-30(36)28(18-21-6-7-22-8-9-24(29(33)34-38)19-25(22)17-21)23-10-12-26(13-11-23)40-27-14-15-35(20-27)31(37)41-32(2,3)4/h5-13,17,19,27-28,38H,1,14-16,18,20H2,2-4H3,(H2,33,34)/t27-,28?/m0/s1. The summed E-state index contributed by atoms with van der Waals surface area (Å²) in [6.07, 6.45) is 2.17. The molecule has 9 heteroatoms. The number of amidine groups is 1. The number of carbonyl (C=O) groups excluding carboxylic acids is 2. The van der Waals surface area contributed by atoms with Crippen LogP contribution in [0.15, 0.2) is 78.5 Å². The van der Waals surface area contributed by atoms with E-state index in [9.17, 15) is 9.59 Å². The highest BCUT2D eigenvalue weighted by atomic mass is 16.6. The van der Waals surface area contributed by atoms with E-state index in [1.807, 2.05) is 75.4 Å². The van der Waals surface area contributed by atoms with Crippen molar-refractivity contribution >= 4 is 28.7 Å². The Bertz CT molecular complexity index is 1430. The van der Waals surface area contributed by atoms with Crippen LogP contribution < -0.4 is 10.5 Å². The molecule has 0 spiro atoms. The third kappa shape index (κ3) is 7.78. The molecule has 216 valence electrons. The number of hydrogen-bond donors (Lipinski definition) is 2. The fourth-order valence-electron chi connectivity index (χ4n) is 4.74. The third-order valence-electron chi connectivity index (χ3n) is 6.76. The molecule has 9 nitrogen and oxygen atoms in total. The van der Waals surface area contributed by atoms with Gasteiger partial charge in [-0.25, -0.2) is 4.79 Å². The molecule has 0 aromatic heterocycles. The molecule has 0 saturated carbocycles. The molecule has 41 heavy (non-hydrogen) atoms. The van der Waals surface area contributed by atoms with E-state index in [1.54, 1.807) is 17.0 Å². The predicted octanol–water partition coefficient (Wildman–Crippen LogP) is 5.38. The monoisotopic (exact) mass is 559 g/mol. The number of amides is 1. The van der Waals surface area contributed by atoms with Crippen molar-refractivity contribution in [3.05, 3.63) is 90.0 Å². The van der Waals surface area contributed by atoms with E-state index in [0.29, 0.717) is 37.2 Å². The Hall–Kier alpha value is -4.53. The van der Waals surface area contributed by atoms with Gasteiger partial charge in [0.15, 0.2) is 5.84 Å². The van der Waals surface area contributed by atoms with Crippen LogP contribution in [0, 0.1) is 0 Å². The fourth-order valence-corrected chi connectivity index (χ4v) is 4.74. The van der Waals surface area contributed by atoms with E-state index in [0.717, 1.165) is 21.9 Å². The SMILES string of the molecule is C=CCOC(=O)C(Cc1ccc2ccc(C(N)=NO)cc2c1)c1ccc(O[C@H]2CCN(C(=O)OC(C)(C)C)C2)cc1. The summed E-state index contributed by atoms with van der Waals surface area (Å²) in [5, 5.41) is 14.0. The van der Waals surface area contributed by atoms with Gasteiger partial charge < -0.3 is 30.1 Å². The van der Waals surface area contributed by atoms with Crippen LogP contribution in [0.25, 0.3) is 10.8 Å². The molecule has 3 aromatic rings. The molecule has 1 fully saturated rings. The normalized spacial score (nSPS) is 16.3. The molecule has 3 aromatic carbocycles. The van der Waals surface area contributed by atoms with Crippen molar-refractivity contribution in [2.45, 2.75) is 51.2 Å². The maximum absolute atomic E-state index is 13.1. The molecule has 0 aliphatic carbocycles. The van der Waals surface area contributed by atoms with E-state index in [2.05, 4.69) is 11.7 Å². The van der Waals surface area contributed by atoms with Crippen LogP contribution in [0.4, 0.5) is 4.79 Å². The summed E-state index contributed by atoms with van der Waals surface area (Å²) in [6, 6.07) is 18.9. The van der Waals surface area contributed by atoms with Crippen LogP contribution in [0.2, 0.25) is 0 Å². The second-order valence-electron chi connectivity index (χ2n) is 11.1. The molecule has 1 saturated heterocycles. The zero-order valence-electron chi connectivity index (χ0n) is 23.7. The highest BCUT2D eigenvalue weighted by molar-refractivity contribution is 6.00. The summed E-state index contributed by atoms with van der Waals surface area (Å²) in [4.78, 5) is 27.1. The molecule has 1 heterocycles. The lowest BCUT2D eigenvalue weighted by Gasteiger charge is -2.24. The summed E-state index contributed by atoms with van der Waals surface area (Å²) in [7, 11) is 0. The van der Waals surface area contributed by atoms with Crippen LogP contribution in [-0.4, -0.2) is 59.4 Å². The Balaban J connectivity index is 1.48. The number of nitrogens with zero attached hydrogens (tertiary/aromatic N) is 2. The molecule has 0 bridgehead atoms. The molecule has 1 aliphatic rings. The van der Waals surface area contributed by atoms with Gasteiger partial charge in [0.05, 0.1) is 12.5 Å². The van der Waals surface area contributed by atoms with E-state index in [4.69, 9.17) is 25.2 Å². The summed E-state index contributed by atoms with van der Waals surface area (Å²) >= 11 is 0. The van der Waals surface area contributed by atoms with Crippen LogP contribution in [-0.2, 0) is 20.7 Å². The summed E-state index contributed by atoms with van der Waals surface area (Å²) < 4.78 is 17.0. The Morgan fingerprint density at radius 1 is 1.12 bits per heavy atom. The second-order valence-corrected chi connectivity index (χ2v) is 11.1. The number of benzene rings is 3. The van der Waals surface area contributed by atoms with Gasteiger partial charge in [-0.2, -0.15) is 0 Å². The van der Waals surface area contributed by atoms with Gasteiger partial charge >= 0.3 is 12.1 Å². The summed E-state index contributed by atoms with van der Waals surface area (Å²) in [5.41, 5.74) is 7.55. The largest absolute Gasteiger partial charge is 0.489 e. The van der Waals surface area contributed by atoms with Gasteiger partial charge in [0.2, 0.25) is 0 Å². The van der Waals surface area contributed by atoms with Crippen LogP contribution >= 0.6 is 0 Å². The number of esters is 1. The van der Waals surface area contributed by atoms with Gasteiger partial charge in [-0.3, -0.25) is 4.79 Å². The Labute approximate surface area is 240 Å². The van der Waals surface area contributed by atoms with Crippen molar-refractivity contribution in [2.75, 3.05) is 19.7 Å². The minimum absolute atomic E-state index is 0.0284. The summed E-state index contributed by atoms with van der Waals surface area (Å²) in [5.74, 6) is -0.222. The van der Waals surface area contributed by atoms with Gasteiger partial charge in [-0.1, -0.05) is 60.3 Å². The highest BCUT2D eigenvalue weighted by Gasteiger charge is 2.31. The average molecular weight is 560 g/mol. The van der Waals surface area contributed by atoms with Crippen molar-refractivity contribution in [3.63, 3.8) is 0 Å². The fraction of sp³-hybridized carbons (Fsp3) is 0.344. The minimum atomic E-state index is -0.553. The lowest BCUT2D eigenvalue weighted by molar-refractivity contribution is -0.144. The van der Waals surface area contributed by atoms with Gasteiger partial charge in [0.25, 0.3) is 0 Å². The van der Waals surface area contributed by atoms with Crippen molar-refractivity contribution in [1.29, 1.82) is 0 Å². The lowest BCUT2D eigenvalue weighted by Crippen LogP contribution is -2.36. The zero-order chi connectivity index (χ0) is 29.6. The van der Waals surface area contributed by atoms with Crippen molar-refractivity contribution in [2.24, 2.45) is 10.9 Å². The Morgan fingerprint density at radius 3 is 2.54 bits per heavy atom. The first-order valence-electron chi connectivity index (χ1n) is 13.6. The number of carbonyl (C=O) groups is 2. The quantitative estimate of drug-likeness (QED) is 0.0901. The van der Waals surface area contributed by atoms with Crippen molar-refractivity contribution < 1.29 is 29.0 Å². The lowest BCUT2D eigenvalue weighted by atomic mass is 9.91. The smallest absolute Gasteiger partial charge is 0.410 e. The number of likely N-dealkylation sites (tertiary alicyclic amines) is 1. The number of hydrogen-bond acceptors (Lipinski definition) is 7. The third-order valence-corrected chi connectivity index (χ3v) is 6.76. The predicted molar refractivity (Wildman–Crippen MR) is 157 cm³/mol. The molecule has 3 N–H and O–H groups in total. The molecule has 4 rings (SSSR count). The Kier molecular flexibility index (Phi) is 9.17. The molecular formula is C32H37N3O6. The molecule has 0 radical (unpaired) electrons. The number of rotatable bonds is 9. The van der Waals surface area contributed by atoms with E-state index >= 15 is 0 Å². The van der Waals surface area contributed by atoms with Crippen molar-refractivity contribution in [3.8, 4) is 5.75 Å². The highest BCUT2D eigenvalue weighted by Crippen LogP contribution is 2.28. The maximum atomic E-state index is 13.1. The van der Waals surface area contributed by atoms with Gasteiger partial charge in [0, 0.05) is 18.5 Å². The van der Waals surface area contributed by atoms with Crippen LogP contribution in [0.3, 0.4) is 0 Å². The number of nitrogens with two attached hydrogens (primary N) is 1. The molecular weight excluding hydrogens is 522 g/mol. The van der Waals surface area contributed by atoms with Gasteiger partial charge in [-0.15, -0.1) is 0 Å². The molecule has 1 amide bonds. The molecule has 1 aliphatic heterocycles. The van der Waals surface area contributed by atoms with Crippen molar-refractivity contribution in [1.82, 2.24) is 4.90 Å². The van der Waals surface area contributed by atoms with Crippen LogP contribution in [0.1, 0.15) is 49.8 Å². The Morgan fingerprint density at radius 2 is 1.85 bits per heavy atom. The first kappa shape index (κ1) is 29.5. The minimum Gasteiger partial charge on any atom is -0.489 e. The average Bonchev–Trinajstić information content (AvgIpc) is 3.42. The van der Waals surface area contributed by atoms with Gasteiger partial charge in [-0.05, 0) is 67.3 Å². The van der Waals surface area contributed by atoms with Gasteiger partial charge in [0.1, 0.15) is 24.1 Å². The zero-order valence-corrected chi connectivity index (χ0v) is 23.7. The summed E-state index contributed by atoms with van der Waals surface area (Å²) in [6.45, 7) is 10.3. The topological polar surface area (TPSA) is 124 Å². The van der Waals surface area contributed by atoms with E-state index < -0.39 is 11.5 Å². The molecule has 1 unspecified atom stereocenters. The number of fused-ring (bicyclic) bond motifs is 1. The first-order chi connectivity index (χ1) is 19.6. The number of ether oxygens (including phenoxy) is 3. The maximum Gasteiger partial charge on any atom is 0.410 e.